The summed E-state index contributed by atoms with van der Waals surface area (Å²) in [7, 11) is 2.13. The van der Waals surface area contributed by atoms with E-state index < -0.39 is 6.10 Å². The standard InChI is InChI=1S/C16H25BrN2O3.2ClH/c1-18-6-8-19(9-7-18)12-15(20)13-21-10-11-22-16-4-2-14(17)3-5-16;;/h2-5,15,20H,6-13H2,1H3;2*1H. The van der Waals surface area contributed by atoms with Crippen LogP contribution < -0.4 is 4.74 Å². The molecule has 8 heteroatoms. The maximum atomic E-state index is 9.99. The second kappa shape index (κ2) is 13.2. The first-order valence-corrected chi connectivity index (χ1v) is 8.48. The summed E-state index contributed by atoms with van der Waals surface area (Å²) in [5.41, 5.74) is 0. The monoisotopic (exact) mass is 444 g/mol. The molecule has 1 aliphatic heterocycles. The number of aliphatic hydroxyl groups is 1. The molecule has 0 radical (unpaired) electrons. The fourth-order valence-electron chi connectivity index (χ4n) is 2.35. The number of rotatable bonds is 8. The molecule has 0 aromatic heterocycles. The summed E-state index contributed by atoms with van der Waals surface area (Å²) in [4.78, 5) is 4.59. The second-order valence-corrected chi connectivity index (χ2v) is 6.55. The van der Waals surface area contributed by atoms with Crippen LogP contribution in [0.3, 0.4) is 0 Å². The molecule has 1 aromatic rings. The molecule has 24 heavy (non-hydrogen) atoms. The molecule has 1 aliphatic rings. The van der Waals surface area contributed by atoms with Gasteiger partial charge < -0.3 is 19.5 Å². The summed E-state index contributed by atoms with van der Waals surface area (Å²) in [6.07, 6.45) is -0.434. The van der Waals surface area contributed by atoms with Crippen molar-refractivity contribution in [1.29, 1.82) is 0 Å². The van der Waals surface area contributed by atoms with Crippen molar-refractivity contribution in [1.82, 2.24) is 9.80 Å². The fraction of sp³-hybridized carbons (Fsp3) is 0.625. The molecule has 140 valence electrons. The van der Waals surface area contributed by atoms with Crippen LogP contribution in [0.15, 0.2) is 28.7 Å². The number of β-amino-alcohol motifs (C(OH)–C–C–N with tert-alkyl or cyclic N) is 1. The van der Waals surface area contributed by atoms with E-state index in [9.17, 15) is 5.11 Å². The summed E-state index contributed by atoms with van der Waals surface area (Å²) in [5.74, 6) is 0.824. The highest BCUT2D eigenvalue weighted by Crippen LogP contribution is 2.15. The molecule has 0 amide bonds. The molecule has 2 rings (SSSR count). The van der Waals surface area contributed by atoms with Gasteiger partial charge in [0.1, 0.15) is 12.4 Å². The van der Waals surface area contributed by atoms with Crippen LogP contribution in [-0.2, 0) is 4.74 Å². The number of benzene rings is 1. The van der Waals surface area contributed by atoms with E-state index in [1.54, 1.807) is 0 Å². The van der Waals surface area contributed by atoms with E-state index in [4.69, 9.17) is 9.47 Å². The lowest BCUT2D eigenvalue weighted by Gasteiger charge is -2.33. The lowest BCUT2D eigenvalue weighted by Crippen LogP contribution is -2.47. The first-order valence-electron chi connectivity index (χ1n) is 7.68. The Balaban J connectivity index is 0.00000264. The van der Waals surface area contributed by atoms with Gasteiger partial charge in [-0.2, -0.15) is 0 Å². The molecule has 1 unspecified atom stereocenters. The van der Waals surface area contributed by atoms with Gasteiger partial charge in [0.05, 0.1) is 19.3 Å². The molecule has 5 nitrogen and oxygen atoms in total. The second-order valence-electron chi connectivity index (χ2n) is 5.64. The van der Waals surface area contributed by atoms with Gasteiger partial charge in [0.25, 0.3) is 0 Å². The van der Waals surface area contributed by atoms with Crippen molar-refractivity contribution in [2.75, 3.05) is 59.6 Å². The van der Waals surface area contributed by atoms with Crippen molar-refractivity contribution in [2.24, 2.45) is 0 Å². The minimum atomic E-state index is -0.434. The third-order valence-corrected chi connectivity index (χ3v) is 4.21. The summed E-state index contributed by atoms with van der Waals surface area (Å²) in [5, 5.41) is 9.99. The van der Waals surface area contributed by atoms with Gasteiger partial charge in [-0.05, 0) is 31.3 Å². The highest BCUT2D eigenvalue weighted by Gasteiger charge is 2.16. The Kier molecular flexibility index (Phi) is 13.1. The van der Waals surface area contributed by atoms with Crippen LogP contribution in [-0.4, -0.2) is 80.6 Å². The molecule has 0 bridgehead atoms. The van der Waals surface area contributed by atoms with E-state index in [1.807, 2.05) is 24.3 Å². The van der Waals surface area contributed by atoms with Gasteiger partial charge >= 0.3 is 0 Å². The molecule has 1 fully saturated rings. The zero-order valence-electron chi connectivity index (χ0n) is 13.9. The van der Waals surface area contributed by atoms with E-state index in [2.05, 4.69) is 32.8 Å². The molecule has 1 saturated heterocycles. The predicted octanol–water partition coefficient (Wildman–Crippen LogP) is 2.30. The maximum Gasteiger partial charge on any atom is 0.119 e. The van der Waals surface area contributed by atoms with Gasteiger partial charge in [-0.3, -0.25) is 4.90 Å². The molecule has 1 atom stereocenters. The minimum absolute atomic E-state index is 0. The zero-order valence-corrected chi connectivity index (χ0v) is 17.1. The summed E-state index contributed by atoms with van der Waals surface area (Å²) in [6, 6.07) is 7.70. The quantitative estimate of drug-likeness (QED) is 0.622. The number of hydrogen-bond acceptors (Lipinski definition) is 5. The number of piperazine rings is 1. The number of nitrogens with zero attached hydrogens (tertiary/aromatic N) is 2. The topological polar surface area (TPSA) is 45.2 Å². The molecule has 1 heterocycles. The van der Waals surface area contributed by atoms with Crippen LogP contribution in [0.1, 0.15) is 0 Å². The Morgan fingerprint density at radius 1 is 1.08 bits per heavy atom. The minimum Gasteiger partial charge on any atom is -0.491 e. The number of hydrogen-bond donors (Lipinski definition) is 1. The van der Waals surface area contributed by atoms with Crippen molar-refractivity contribution < 1.29 is 14.6 Å². The molecule has 1 N–H and O–H groups in total. The third-order valence-electron chi connectivity index (χ3n) is 3.69. The number of likely N-dealkylation sites (N-methyl/N-ethyl adjacent to an activating group) is 1. The first-order chi connectivity index (χ1) is 10.6. The van der Waals surface area contributed by atoms with Crippen molar-refractivity contribution in [2.45, 2.75) is 6.10 Å². The molecule has 0 spiro atoms. The van der Waals surface area contributed by atoms with E-state index in [-0.39, 0.29) is 24.8 Å². The van der Waals surface area contributed by atoms with Crippen molar-refractivity contribution in [3.05, 3.63) is 28.7 Å². The normalized spacial score (nSPS) is 16.8. The van der Waals surface area contributed by atoms with E-state index in [0.717, 1.165) is 36.4 Å². The van der Waals surface area contributed by atoms with Crippen LogP contribution in [0.5, 0.6) is 5.75 Å². The molecular weight excluding hydrogens is 419 g/mol. The average Bonchev–Trinajstić information content (AvgIpc) is 2.51. The largest absolute Gasteiger partial charge is 0.491 e. The van der Waals surface area contributed by atoms with Crippen molar-refractivity contribution in [3.63, 3.8) is 0 Å². The van der Waals surface area contributed by atoms with Gasteiger partial charge in [-0.25, -0.2) is 0 Å². The summed E-state index contributed by atoms with van der Waals surface area (Å²) in [6.45, 7) is 6.17. The lowest BCUT2D eigenvalue weighted by atomic mass is 10.3. The van der Waals surface area contributed by atoms with Gasteiger partial charge in [-0.1, -0.05) is 15.9 Å². The first kappa shape index (κ1) is 23.9. The van der Waals surface area contributed by atoms with Crippen molar-refractivity contribution >= 4 is 40.7 Å². The predicted molar refractivity (Wildman–Crippen MR) is 105 cm³/mol. The Morgan fingerprint density at radius 3 is 2.33 bits per heavy atom. The smallest absolute Gasteiger partial charge is 0.119 e. The SMILES string of the molecule is CN1CCN(CC(O)COCCOc2ccc(Br)cc2)CC1.Cl.Cl. The zero-order chi connectivity index (χ0) is 15.8. The van der Waals surface area contributed by atoms with Gasteiger partial charge in [-0.15, -0.1) is 24.8 Å². The Morgan fingerprint density at radius 2 is 1.71 bits per heavy atom. The van der Waals surface area contributed by atoms with Crippen LogP contribution in [0, 0.1) is 0 Å². The van der Waals surface area contributed by atoms with E-state index in [0.29, 0.717) is 26.4 Å². The highest BCUT2D eigenvalue weighted by molar-refractivity contribution is 9.10. The van der Waals surface area contributed by atoms with Gasteiger partial charge in [0.2, 0.25) is 0 Å². The molecular formula is C16H27BrCl2N2O3. The Hall–Kier alpha value is -0.0800. The number of aliphatic hydroxyl groups excluding tert-OH is 1. The highest BCUT2D eigenvalue weighted by atomic mass is 79.9. The van der Waals surface area contributed by atoms with Crippen LogP contribution in [0.25, 0.3) is 0 Å². The average molecular weight is 446 g/mol. The number of ether oxygens (including phenoxy) is 2. The summed E-state index contributed by atoms with van der Waals surface area (Å²) < 4.78 is 12.1. The maximum absolute atomic E-state index is 9.99. The van der Waals surface area contributed by atoms with Crippen molar-refractivity contribution in [3.8, 4) is 5.75 Å². The molecule has 0 aliphatic carbocycles. The van der Waals surface area contributed by atoms with Gasteiger partial charge in [0, 0.05) is 37.2 Å². The fourth-order valence-corrected chi connectivity index (χ4v) is 2.61. The Bertz CT molecular complexity index is 432. The van der Waals surface area contributed by atoms with Crippen LogP contribution in [0.4, 0.5) is 0 Å². The Labute approximate surface area is 165 Å². The van der Waals surface area contributed by atoms with E-state index in [1.165, 1.54) is 0 Å². The lowest BCUT2D eigenvalue weighted by molar-refractivity contribution is 0.00149. The van der Waals surface area contributed by atoms with Gasteiger partial charge in [0.15, 0.2) is 0 Å². The van der Waals surface area contributed by atoms with E-state index >= 15 is 0 Å². The molecule has 0 saturated carbocycles. The number of halogens is 3. The van der Waals surface area contributed by atoms with Crippen LogP contribution in [0.2, 0.25) is 0 Å². The van der Waals surface area contributed by atoms with Crippen LogP contribution >= 0.6 is 40.7 Å². The molecule has 1 aromatic carbocycles. The third kappa shape index (κ3) is 9.42. The summed E-state index contributed by atoms with van der Waals surface area (Å²) >= 11 is 3.38.